The number of hydrogen-bond donors (Lipinski definition) is 3. The highest BCUT2D eigenvalue weighted by atomic mass is 16.5. The number of aryl methyl sites for hydroxylation is 1. The van der Waals surface area contributed by atoms with Crippen molar-refractivity contribution in [3.05, 3.63) is 59.7 Å². The molecule has 0 aromatic heterocycles. The lowest BCUT2D eigenvalue weighted by Gasteiger charge is -2.09. The topological polar surface area (TPSA) is 93.4 Å². The van der Waals surface area contributed by atoms with Crippen LogP contribution >= 0.6 is 0 Å². The summed E-state index contributed by atoms with van der Waals surface area (Å²) in [6.45, 7) is 2.75. The number of rotatable bonds is 6. The molecule has 23 heavy (non-hydrogen) atoms. The van der Waals surface area contributed by atoms with Crippen LogP contribution in [0, 0.1) is 6.92 Å². The summed E-state index contributed by atoms with van der Waals surface area (Å²) in [6, 6.07) is 13.6. The summed E-state index contributed by atoms with van der Waals surface area (Å²) in [5, 5.41) is 5.18. The fourth-order valence-electron chi connectivity index (χ4n) is 1.95. The first kappa shape index (κ1) is 16.4. The van der Waals surface area contributed by atoms with Gasteiger partial charge in [0.25, 0.3) is 5.91 Å². The molecule has 4 N–H and O–H groups in total. The Hall–Kier alpha value is -3.02. The number of nitrogens with two attached hydrogens (primary N) is 1. The minimum absolute atomic E-state index is 0.245. The molecule has 2 aromatic rings. The minimum Gasteiger partial charge on any atom is -0.492 e. The summed E-state index contributed by atoms with van der Waals surface area (Å²) in [6.07, 6.45) is 0. The van der Waals surface area contributed by atoms with Crippen LogP contribution in [0.1, 0.15) is 15.9 Å². The standard InChI is InChI=1S/C17H19N3O3/c1-12-5-7-15(8-6-12)23-10-9-19-16(21)13-3-2-4-14(11-13)20-17(18)22/h2-8,11H,9-10H2,1H3,(H,19,21)(H3,18,20,22). The molecule has 0 spiro atoms. The third kappa shape index (κ3) is 5.35. The van der Waals surface area contributed by atoms with E-state index in [1.165, 1.54) is 0 Å². The first-order chi connectivity index (χ1) is 11.0. The Balaban J connectivity index is 1.80. The Kier molecular flexibility index (Phi) is 5.57. The molecule has 0 heterocycles. The summed E-state index contributed by atoms with van der Waals surface area (Å²) in [5.74, 6) is 0.517. The molecule has 2 aromatic carbocycles. The second-order valence-corrected chi connectivity index (χ2v) is 4.99. The lowest BCUT2D eigenvalue weighted by atomic mass is 10.2. The van der Waals surface area contributed by atoms with Crippen LogP contribution in [0.5, 0.6) is 5.75 Å². The van der Waals surface area contributed by atoms with Gasteiger partial charge in [-0.15, -0.1) is 0 Å². The van der Waals surface area contributed by atoms with Gasteiger partial charge in [-0.25, -0.2) is 4.79 Å². The van der Waals surface area contributed by atoms with E-state index in [1.807, 2.05) is 31.2 Å². The van der Waals surface area contributed by atoms with Crippen molar-refractivity contribution in [2.45, 2.75) is 6.92 Å². The van der Waals surface area contributed by atoms with Gasteiger partial charge in [-0.05, 0) is 37.3 Å². The number of hydrogen-bond acceptors (Lipinski definition) is 3. The van der Waals surface area contributed by atoms with Crippen molar-refractivity contribution < 1.29 is 14.3 Å². The van der Waals surface area contributed by atoms with E-state index in [4.69, 9.17) is 10.5 Å². The van der Waals surface area contributed by atoms with Crippen molar-refractivity contribution in [3.8, 4) is 5.75 Å². The molecule has 0 saturated heterocycles. The Labute approximate surface area is 134 Å². The van der Waals surface area contributed by atoms with Crippen molar-refractivity contribution in [1.29, 1.82) is 0 Å². The molecular formula is C17H19N3O3. The van der Waals surface area contributed by atoms with Gasteiger partial charge in [0.15, 0.2) is 0 Å². The Morgan fingerprint density at radius 1 is 1.13 bits per heavy atom. The molecule has 0 radical (unpaired) electrons. The number of carbonyl (C=O) groups is 2. The van der Waals surface area contributed by atoms with Crippen LogP contribution in [0.2, 0.25) is 0 Å². The number of carbonyl (C=O) groups excluding carboxylic acids is 2. The number of primary amides is 1. The average molecular weight is 313 g/mol. The number of anilines is 1. The van der Waals surface area contributed by atoms with E-state index >= 15 is 0 Å². The zero-order chi connectivity index (χ0) is 16.7. The second-order valence-electron chi connectivity index (χ2n) is 4.99. The summed E-state index contributed by atoms with van der Waals surface area (Å²) in [7, 11) is 0. The molecule has 0 unspecified atom stereocenters. The van der Waals surface area contributed by atoms with Crippen LogP contribution in [0.25, 0.3) is 0 Å². The molecule has 6 nitrogen and oxygen atoms in total. The maximum Gasteiger partial charge on any atom is 0.316 e. The monoisotopic (exact) mass is 313 g/mol. The van der Waals surface area contributed by atoms with Crippen molar-refractivity contribution in [2.24, 2.45) is 5.73 Å². The molecule has 120 valence electrons. The van der Waals surface area contributed by atoms with Gasteiger partial charge in [0.05, 0.1) is 6.54 Å². The van der Waals surface area contributed by atoms with Gasteiger partial charge in [-0.2, -0.15) is 0 Å². The number of benzene rings is 2. The first-order valence-electron chi connectivity index (χ1n) is 7.19. The maximum absolute atomic E-state index is 12.0. The Morgan fingerprint density at radius 3 is 2.57 bits per heavy atom. The van der Waals surface area contributed by atoms with E-state index in [-0.39, 0.29) is 5.91 Å². The van der Waals surface area contributed by atoms with Gasteiger partial charge in [0, 0.05) is 11.3 Å². The van der Waals surface area contributed by atoms with Crippen LogP contribution in [0.15, 0.2) is 48.5 Å². The van der Waals surface area contributed by atoms with E-state index in [2.05, 4.69) is 10.6 Å². The fraction of sp³-hybridized carbons (Fsp3) is 0.176. The highest BCUT2D eigenvalue weighted by Gasteiger charge is 2.06. The predicted octanol–water partition coefficient (Wildman–Crippen LogP) is 2.29. The first-order valence-corrected chi connectivity index (χ1v) is 7.19. The number of ether oxygens (including phenoxy) is 1. The number of nitrogens with one attached hydrogen (secondary N) is 2. The largest absolute Gasteiger partial charge is 0.492 e. The average Bonchev–Trinajstić information content (AvgIpc) is 2.52. The van der Waals surface area contributed by atoms with Gasteiger partial charge in [0.2, 0.25) is 0 Å². The van der Waals surface area contributed by atoms with Crippen molar-refractivity contribution >= 4 is 17.6 Å². The highest BCUT2D eigenvalue weighted by molar-refractivity contribution is 5.96. The van der Waals surface area contributed by atoms with Crippen molar-refractivity contribution in [2.75, 3.05) is 18.5 Å². The molecule has 0 aliphatic carbocycles. The summed E-state index contributed by atoms with van der Waals surface area (Å²) >= 11 is 0. The van der Waals surface area contributed by atoms with Crippen LogP contribution in [0.4, 0.5) is 10.5 Å². The third-order valence-electron chi connectivity index (χ3n) is 3.07. The summed E-state index contributed by atoms with van der Waals surface area (Å²) < 4.78 is 5.54. The van der Waals surface area contributed by atoms with E-state index in [9.17, 15) is 9.59 Å². The summed E-state index contributed by atoms with van der Waals surface area (Å²) in [5.41, 5.74) is 7.12. The molecule has 3 amide bonds. The molecule has 0 saturated carbocycles. The van der Waals surface area contributed by atoms with E-state index < -0.39 is 6.03 Å². The molecule has 0 atom stereocenters. The van der Waals surface area contributed by atoms with E-state index in [0.717, 1.165) is 11.3 Å². The quantitative estimate of drug-likeness (QED) is 0.714. The minimum atomic E-state index is -0.672. The smallest absolute Gasteiger partial charge is 0.316 e. The molecule has 2 rings (SSSR count). The molecule has 6 heteroatoms. The van der Waals surface area contributed by atoms with Gasteiger partial charge < -0.3 is 21.1 Å². The lowest BCUT2D eigenvalue weighted by molar-refractivity contribution is 0.0947. The SMILES string of the molecule is Cc1ccc(OCCNC(=O)c2cccc(NC(N)=O)c2)cc1. The Bertz CT molecular complexity index is 684. The number of urea groups is 1. The molecule has 0 fully saturated rings. The van der Waals surface area contributed by atoms with Crippen molar-refractivity contribution in [1.82, 2.24) is 5.32 Å². The second kappa shape index (κ2) is 7.84. The van der Waals surface area contributed by atoms with Crippen LogP contribution in [-0.4, -0.2) is 25.1 Å². The molecule has 0 aliphatic rings. The zero-order valence-corrected chi connectivity index (χ0v) is 12.8. The van der Waals surface area contributed by atoms with E-state index in [1.54, 1.807) is 24.3 Å². The van der Waals surface area contributed by atoms with Gasteiger partial charge >= 0.3 is 6.03 Å². The maximum atomic E-state index is 12.0. The van der Waals surface area contributed by atoms with Gasteiger partial charge in [-0.1, -0.05) is 23.8 Å². The van der Waals surface area contributed by atoms with Crippen LogP contribution < -0.4 is 21.1 Å². The normalized spacial score (nSPS) is 9.96. The van der Waals surface area contributed by atoms with Gasteiger partial charge in [-0.3, -0.25) is 4.79 Å². The highest BCUT2D eigenvalue weighted by Crippen LogP contribution is 2.11. The van der Waals surface area contributed by atoms with Gasteiger partial charge in [0.1, 0.15) is 12.4 Å². The van der Waals surface area contributed by atoms with Crippen LogP contribution in [-0.2, 0) is 0 Å². The van der Waals surface area contributed by atoms with Crippen LogP contribution in [0.3, 0.4) is 0 Å². The van der Waals surface area contributed by atoms with E-state index in [0.29, 0.717) is 24.4 Å². The molecule has 0 aliphatic heterocycles. The lowest BCUT2D eigenvalue weighted by Crippen LogP contribution is -2.28. The third-order valence-corrected chi connectivity index (χ3v) is 3.07. The molecular weight excluding hydrogens is 294 g/mol. The summed E-state index contributed by atoms with van der Waals surface area (Å²) in [4.78, 5) is 22.8. The fourth-order valence-corrected chi connectivity index (χ4v) is 1.95. The Morgan fingerprint density at radius 2 is 1.87 bits per heavy atom. The molecule has 0 bridgehead atoms. The predicted molar refractivity (Wildman–Crippen MR) is 88.7 cm³/mol. The number of amides is 3. The zero-order valence-electron chi connectivity index (χ0n) is 12.8. The van der Waals surface area contributed by atoms with Crippen molar-refractivity contribution in [3.63, 3.8) is 0 Å².